The Bertz CT molecular complexity index is 573. The molecule has 0 fully saturated rings. The van der Waals surface area contributed by atoms with Gasteiger partial charge in [-0.15, -0.1) is 24.0 Å². The SMILES string of the molecule is CCNC(=NCC(C)(O)c1cnn(C)c1)NCCC(=O)NC(C)CC.I. The summed E-state index contributed by atoms with van der Waals surface area (Å²) >= 11 is 0. The van der Waals surface area contributed by atoms with Crippen LogP contribution in [0.5, 0.6) is 0 Å². The first-order chi connectivity index (χ1) is 11.8. The molecule has 1 rings (SSSR count). The van der Waals surface area contributed by atoms with Gasteiger partial charge in [0, 0.05) is 44.4 Å². The van der Waals surface area contributed by atoms with Crippen LogP contribution < -0.4 is 16.0 Å². The van der Waals surface area contributed by atoms with Crippen LogP contribution in [0.2, 0.25) is 0 Å². The summed E-state index contributed by atoms with van der Waals surface area (Å²) in [6, 6.07) is 0.184. The van der Waals surface area contributed by atoms with Crippen LogP contribution in [0.1, 0.15) is 46.1 Å². The topological polar surface area (TPSA) is 104 Å². The molecule has 0 aliphatic carbocycles. The Morgan fingerprint density at radius 1 is 1.42 bits per heavy atom. The molecule has 0 radical (unpaired) electrons. The van der Waals surface area contributed by atoms with Gasteiger partial charge in [-0.3, -0.25) is 9.48 Å². The molecular weight excluding hydrogens is 447 g/mol. The highest BCUT2D eigenvalue weighted by Crippen LogP contribution is 2.19. The van der Waals surface area contributed by atoms with Gasteiger partial charge in [-0.05, 0) is 27.2 Å². The van der Waals surface area contributed by atoms with Crippen molar-refractivity contribution < 1.29 is 9.90 Å². The maximum absolute atomic E-state index is 11.8. The molecule has 0 aromatic carbocycles. The monoisotopic (exact) mass is 480 g/mol. The van der Waals surface area contributed by atoms with E-state index < -0.39 is 5.60 Å². The van der Waals surface area contributed by atoms with Gasteiger partial charge in [0.05, 0.1) is 12.7 Å². The van der Waals surface area contributed by atoms with Crippen molar-refractivity contribution in [2.75, 3.05) is 19.6 Å². The standard InChI is InChI=1S/C17H32N6O2.HI/c1-6-13(3)22-15(24)8-9-19-16(18-7-2)20-12-17(4,25)14-10-21-23(5)11-14;/h10-11,13,25H,6-9,12H2,1-5H3,(H,22,24)(H2,18,19,20);1H. The normalized spacial score (nSPS) is 14.8. The number of aryl methyl sites for hydroxylation is 1. The number of rotatable bonds is 9. The third kappa shape index (κ3) is 8.84. The van der Waals surface area contributed by atoms with Crippen LogP contribution in [0.15, 0.2) is 17.4 Å². The summed E-state index contributed by atoms with van der Waals surface area (Å²) in [7, 11) is 1.80. The van der Waals surface area contributed by atoms with Crippen molar-refractivity contribution in [3.05, 3.63) is 18.0 Å². The number of aliphatic imine (C=N–C) groups is 1. The van der Waals surface area contributed by atoms with E-state index in [-0.39, 0.29) is 42.5 Å². The minimum Gasteiger partial charge on any atom is -0.383 e. The quantitative estimate of drug-likeness (QED) is 0.241. The summed E-state index contributed by atoms with van der Waals surface area (Å²) in [6.45, 7) is 9.05. The average Bonchev–Trinajstić information content (AvgIpc) is 3.00. The first-order valence-electron chi connectivity index (χ1n) is 8.81. The molecule has 26 heavy (non-hydrogen) atoms. The lowest BCUT2D eigenvalue weighted by Gasteiger charge is -2.20. The number of guanidine groups is 1. The molecule has 2 atom stereocenters. The van der Waals surface area contributed by atoms with Crippen molar-refractivity contribution in [2.45, 2.75) is 52.2 Å². The van der Waals surface area contributed by atoms with E-state index in [1.807, 2.05) is 20.8 Å². The van der Waals surface area contributed by atoms with E-state index in [1.54, 1.807) is 31.0 Å². The largest absolute Gasteiger partial charge is 0.383 e. The number of aliphatic hydroxyl groups is 1. The van der Waals surface area contributed by atoms with Gasteiger partial charge in [0.2, 0.25) is 5.91 Å². The van der Waals surface area contributed by atoms with Gasteiger partial charge in [0.15, 0.2) is 5.96 Å². The second-order valence-electron chi connectivity index (χ2n) is 6.43. The minimum absolute atomic E-state index is 0. The predicted molar refractivity (Wildman–Crippen MR) is 115 cm³/mol. The molecule has 0 bridgehead atoms. The van der Waals surface area contributed by atoms with Crippen molar-refractivity contribution in [3.63, 3.8) is 0 Å². The number of carbonyl (C=O) groups is 1. The average molecular weight is 480 g/mol. The van der Waals surface area contributed by atoms with E-state index in [4.69, 9.17) is 0 Å². The van der Waals surface area contributed by atoms with Crippen molar-refractivity contribution >= 4 is 35.8 Å². The third-order valence-corrected chi connectivity index (χ3v) is 3.88. The number of hydrogen-bond acceptors (Lipinski definition) is 4. The fourth-order valence-corrected chi connectivity index (χ4v) is 2.11. The van der Waals surface area contributed by atoms with Crippen molar-refractivity contribution in [1.82, 2.24) is 25.7 Å². The third-order valence-electron chi connectivity index (χ3n) is 3.88. The molecular formula is C17H33IN6O2. The molecule has 2 unspecified atom stereocenters. The number of hydrogen-bond donors (Lipinski definition) is 4. The number of halogens is 1. The smallest absolute Gasteiger partial charge is 0.221 e. The molecule has 8 nitrogen and oxygen atoms in total. The van der Waals surface area contributed by atoms with Crippen LogP contribution >= 0.6 is 24.0 Å². The first-order valence-corrected chi connectivity index (χ1v) is 8.81. The van der Waals surface area contributed by atoms with Gasteiger partial charge in [0.1, 0.15) is 5.60 Å². The lowest BCUT2D eigenvalue weighted by molar-refractivity contribution is -0.121. The summed E-state index contributed by atoms with van der Waals surface area (Å²) in [4.78, 5) is 16.2. The zero-order valence-corrected chi connectivity index (χ0v) is 18.7. The first kappa shape index (κ1) is 24.6. The van der Waals surface area contributed by atoms with E-state index >= 15 is 0 Å². The molecule has 9 heteroatoms. The number of amides is 1. The zero-order valence-electron chi connectivity index (χ0n) is 16.4. The predicted octanol–water partition coefficient (Wildman–Crippen LogP) is 1.11. The molecule has 1 amide bonds. The minimum atomic E-state index is -1.11. The Balaban J connectivity index is 0.00000625. The molecule has 1 aromatic heterocycles. The van der Waals surface area contributed by atoms with Gasteiger partial charge in [-0.25, -0.2) is 4.99 Å². The van der Waals surface area contributed by atoms with E-state index in [0.717, 1.165) is 6.42 Å². The molecule has 1 heterocycles. The number of carbonyl (C=O) groups excluding carboxylic acids is 1. The summed E-state index contributed by atoms with van der Waals surface area (Å²) in [5.74, 6) is 0.586. The maximum atomic E-state index is 11.8. The van der Waals surface area contributed by atoms with Crippen molar-refractivity contribution in [1.29, 1.82) is 0 Å². The Morgan fingerprint density at radius 2 is 2.12 bits per heavy atom. The van der Waals surface area contributed by atoms with Crippen LogP contribution in [0.4, 0.5) is 0 Å². The summed E-state index contributed by atoms with van der Waals surface area (Å²) in [6.07, 6.45) is 4.69. The Kier molecular flexibility index (Phi) is 11.5. The molecule has 4 N–H and O–H groups in total. The lowest BCUT2D eigenvalue weighted by Crippen LogP contribution is -2.41. The highest BCUT2D eigenvalue weighted by atomic mass is 127. The molecule has 0 aliphatic rings. The van der Waals surface area contributed by atoms with Crippen LogP contribution in [0, 0.1) is 0 Å². The number of aromatic nitrogens is 2. The fraction of sp³-hybridized carbons (Fsp3) is 0.706. The molecule has 0 saturated heterocycles. The fourth-order valence-electron chi connectivity index (χ4n) is 2.11. The van der Waals surface area contributed by atoms with Crippen molar-refractivity contribution in [2.24, 2.45) is 12.0 Å². The second kappa shape index (κ2) is 12.1. The second-order valence-corrected chi connectivity index (χ2v) is 6.43. The molecule has 0 aliphatic heterocycles. The number of nitrogens with zero attached hydrogens (tertiary/aromatic N) is 3. The number of nitrogens with one attached hydrogen (secondary N) is 3. The zero-order chi connectivity index (χ0) is 18.9. The van der Waals surface area contributed by atoms with E-state index in [9.17, 15) is 9.90 Å². The maximum Gasteiger partial charge on any atom is 0.221 e. The van der Waals surface area contributed by atoms with Gasteiger partial charge in [-0.1, -0.05) is 6.92 Å². The Labute approximate surface area is 173 Å². The van der Waals surface area contributed by atoms with E-state index in [0.29, 0.717) is 31.0 Å². The van der Waals surface area contributed by atoms with Gasteiger partial charge >= 0.3 is 0 Å². The van der Waals surface area contributed by atoms with Crippen LogP contribution in [0.25, 0.3) is 0 Å². The molecule has 1 aromatic rings. The molecule has 0 spiro atoms. The molecule has 150 valence electrons. The highest BCUT2D eigenvalue weighted by Gasteiger charge is 2.24. The van der Waals surface area contributed by atoms with E-state index in [2.05, 4.69) is 26.0 Å². The summed E-state index contributed by atoms with van der Waals surface area (Å²) in [5.41, 5.74) is -0.396. The summed E-state index contributed by atoms with van der Waals surface area (Å²) < 4.78 is 1.65. The Hall–Kier alpha value is -1.36. The van der Waals surface area contributed by atoms with Gasteiger partial charge < -0.3 is 21.1 Å². The van der Waals surface area contributed by atoms with Crippen LogP contribution in [-0.2, 0) is 17.4 Å². The van der Waals surface area contributed by atoms with Crippen LogP contribution in [0.3, 0.4) is 0 Å². The van der Waals surface area contributed by atoms with E-state index in [1.165, 1.54) is 0 Å². The van der Waals surface area contributed by atoms with Crippen LogP contribution in [-0.4, -0.2) is 52.4 Å². The summed E-state index contributed by atoms with van der Waals surface area (Å²) in [5, 5.41) is 23.8. The Morgan fingerprint density at radius 3 is 2.65 bits per heavy atom. The van der Waals surface area contributed by atoms with Crippen molar-refractivity contribution in [3.8, 4) is 0 Å². The van der Waals surface area contributed by atoms with Gasteiger partial charge in [0.25, 0.3) is 0 Å². The van der Waals surface area contributed by atoms with Gasteiger partial charge in [-0.2, -0.15) is 5.10 Å². The highest BCUT2D eigenvalue weighted by molar-refractivity contribution is 14.0. The lowest BCUT2D eigenvalue weighted by atomic mass is 10.0. The molecule has 0 saturated carbocycles.